The highest BCUT2D eigenvalue weighted by atomic mass is 32.2. The van der Waals surface area contributed by atoms with E-state index in [9.17, 15) is 4.79 Å². The van der Waals surface area contributed by atoms with Gasteiger partial charge in [0, 0.05) is 15.8 Å². The highest BCUT2D eigenvalue weighted by Crippen LogP contribution is 2.30. The number of thioether (sulfide) groups is 1. The molecule has 2 aromatic carbocycles. The molecule has 0 unspecified atom stereocenters. The molecule has 0 saturated carbocycles. The maximum atomic E-state index is 13.0. The van der Waals surface area contributed by atoms with Gasteiger partial charge in [0.05, 0.1) is 18.3 Å². The van der Waals surface area contributed by atoms with Crippen LogP contribution in [0.2, 0.25) is 0 Å². The van der Waals surface area contributed by atoms with Crippen LogP contribution in [-0.4, -0.2) is 15.8 Å². The minimum Gasteiger partial charge on any atom is -0.294 e. The minimum absolute atomic E-state index is 0.0130. The second-order valence-corrected chi connectivity index (χ2v) is 7.46. The van der Waals surface area contributed by atoms with E-state index in [2.05, 4.69) is 35.5 Å². The van der Waals surface area contributed by atoms with Gasteiger partial charge in [0.25, 0.3) is 5.56 Å². The molecule has 0 radical (unpaired) electrons. The van der Waals surface area contributed by atoms with E-state index in [0.717, 1.165) is 21.5 Å². The number of hydrogen-bond acceptors (Lipinski definition) is 4. The molecule has 0 saturated heterocycles. The standard InChI is InChI=1S/C20H16N2OS2/c1-24-16-9-7-14(8-10-16)11-22-13-21-19-18(20(22)23)17(12-25-19)15-5-3-2-4-6-15/h2-10,12-13H,11H2,1H3. The lowest BCUT2D eigenvalue weighted by Crippen LogP contribution is -2.20. The fourth-order valence-corrected chi connectivity index (χ4v) is 4.15. The summed E-state index contributed by atoms with van der Waals surface area (Å²) in [6, 6.07) is 18.3. The average molecular weight is 364 g/mol. The summed E-state index contributed by atoms with van der Waals surface area (Å²) in [5.41, 5.74) is 3.12. The van der Waals surface area contributed by atoms with Crippen LogP contribution in [0.3, 0.4) is 0 Å². The molecule has 0 aliphatic rings. The smallest absolute Gasteiger partial charge is 0.263 e. The maximum Gasteiger partial charge on any atom is 0.263 e. The van der Waals surface area contributed by atoms with Crippen molar-refractivity contribution in [3.8, 4) is 11.1 Å². The Kier molecular flexibility index (Phi) is 4.42. The van der Waals surface area contributed by atoms with Crippen molar-refractivity contribution in [1.82, 2.24) is 9.55 Å². The summed E-state index contributed by atoms with van der Waals surface area (Å²) in [7, 11) is 0. The first-order valence-electron chi connectivity index (χ1n) is 7.91. The monoisotopic (exact) mass is 364 g/mol. The van der Waals surface area contributed by atoms with Gasteiger partial charge in [0.1, 0.15) is 4.83 Å². The van der Waals surface area contributed by atoms with Crippen molar-refractivity contribution in [3.05, 3.63) is 82.2 Å². The Morgan fingerprint density at radius 2 is 1.84 bits per heavy atom. The molecule has 4 rings (SSSR count). The van der Waals surface area contributed by atoms with Gasteiger partial charge in [-0.25, -0.2) is 4.98 Å². The molecule has 0 atom stereocenters. The van der Waals surface area contributed by atoms with Crippen LogP contribution in [0.25, 0.3) is 21.3 Å². The lowest BCUT2D eigenvalue weighted by molar-refractivity contribution is 0.749. The number of fused-ring (bicyclic) bond motifs is 1. The normalized spacial score (nSPS) is 11.1. The van der Waals surface area contributed by atoms with Crippen LogP contribution >= 0.6 is 23.1 Å². The molecule has 2 aromatic heterocycles. The van der Waals surface area contributed by atoms with Crippen molar-refractivity contribution in [2.24, 2.45) is 0 Å². The summed E-state index contributed by atoms with van der Waals surface area (Å²) in [5.74, 6) is 0. The third-order valence-corrected chi connectivity index (χ3v) is 5.79. The molecule has 0 N–H and O–H groups in total. The summed E-state index contributed by atoms with van der Waals surface area (Å²) in [6.07, 6.45) is 3.71. The molecular weight excluding hydrogens is 348 g/mol. The summed E-state index contributed by atoms with van der Waals surface area (Å²) >= 11 is 3.23. The van der Waals surface area contributed by atoms with Crippen LogP contribution in [-0.2, 0) is 6.54 Å². The molecule has 25 heavy (non-hydrogen) atoms. The number of rotatable bonds is 4. The zero-order valence-corrected chi connectivity index (χ0v) is 15.3. The van der Waals surface area contributed by atoms with Gasteiger partial charge in [-0.1, -0.05) is 42.5 Å². The molecule has 0 fully saturated rings. The zero-order chi connectivity index (χ0) is 17.2. The second-order valence-electron chi connectivity index (χ2n) is 5.72. The summed E-state index contributed by atoms with van der Waals surface area (Å²) < 4.78 is 1.69. The number of thiophene rings is 1. The molecule has 124 valence electrons. The Labute approximate surface area is 154 Å². The van der Waals surface area contributed by atoms with Crippen LogP contribution in [0.4, 0.5) is 0 Å². The van der Waals surface area contributed by atoms with Gasteiger partial charge in [-0.05, 0) is 29.5 Å². The molecule has 0 spiro atoms. The van der Waals surface area contributed by atoms with Crippen molar-refractivity contribution < 1.29 is 0 Å². The third-order valence-electron chi connectivity index (χ3n) is 4.16. The molecule has 0 aliphatic carbocycles. The third kappa shape index (κ3) is 3.13. The van der Waals surface area contributed by atoms with Gasteiger partial charge in [-0.2, -0.15) is 0 Å². The summed E-state index contributed by atoms with van der Waals surface area (Å²) in [4.78, 5) is 19.5. The number of hydrogen-bond donors (Lipinski definition) is 0. The molecule has 2 heterocycles. The van der Waals surface area contributed by atoms with Crippen LogP contribution in [0.1, 0.15) is 5.56 Å². The molecule has 4 aromatic rings. The fraction of sp³-hybridized carbons (Fsp3) is 0.100. The first-order chi connectivity index (χ1) is 12.3. The minimum atomic E-state index is 0.0130. The van der Waals surface area contributed by atoms with Crippen LogP contribution in [0, 0.1) is 0 Å². The van der Waals surface area contributed by atoms with Crippen molar-refractivity contribution in [2.75, 3.05) is 6.26 Å². The van der Waals surface area contributed by atoms with E-state index < -0.39 is 0 Å². The lowest BCUT2D eigenvalue weighted by atomic mass is 10.1. The maximum absolute atomic E-state index is 13.0. The molecule has 5 heteroatoms. The number of nitrogens with zero attached hydrogens (tertiary/aromatic N) is 2. The first-order valence-corrected chi connectivity index (χ1v) is 10.0. The topological polar surface area (TPSA) is 34.9 Å². The van der Waals surface area contributed by atoms with Gasteiger partial charge in [-0.3, -0.25) is 9.36 Å². The fourth-order valence-electron chi connectivity index (χ4n) is 2.84. The van der Waals surface area contributed by atoms with Gasteiger partial charge in [-0.15, -0.1) is 23.1 Å². The molecule has 0 aliphatic heterocycles. The predicted molar refractivity (Wildman–Crippen MR) is 107 cm³/mol. The van der Waals surface area contributed by atoms with Crippen LogP contribution in [0.15, 0.2) is 76.0 Å². The number of aromatic nitrogens is 2. The van der Waals surface area contributed by atoms with Crippen molar-refractivity contribution in [1.29, 1.82) is 0 Å². The summed E-state index contributed by atoms with van der Waals surface area (Å²) in [5, 5.41) is 2.73. The van der Waals surface area contributed by atoms with Gasteiger partial charge >= 0.3 is 0 Å². The van der Waals surface area contributed by atoms with Crippen molar-refractivity contribution >= 4 is 33.3 Å². The van der Waals surface area contributed by atoms with E-state index in [1.54, 1.807) is 22.7 Å². The molecule has 0 amide bonds. The van der Waals surface area contributed by atoms with Gasteiger partial charge in [0.2, 0.25) is 0 Å². The van der Waals surface area contributed by atoms with Gasteiger partial charge < -0.3 is 0 Å². The predicted octanol–water partition coefficient (Wildman–Crippen LogP) is 4.90. The molecule has 3 nitrogen and oxygen atoms in total. The number of benzene rings is 2. The lowest BCUT2D eigenvalue weighted by Gasteiger charge is -2.07. The quantitative estimate of drug-likeness (QED) is 0.483. The van der Waals surface area contributed by atoms with Crippen molar-refractivity contribution in [2.45, 2.75) is 11.4 Å². The Bertz CT molecular complexity index is 1070. The first kappa shape index (κ1) is 16.1. The largest absolute Gasteiger partial charge is 0.294 e. The second kappa shape index (κ2) is 6.86. The average Bonchev–Trinajstić information content (AvgIpc) is 3.10. The van der Waals surface area contributed by atoms with E-state index >= 15 is 0 Å². The van der Waals surface area contributed by atoms with Crippen molar-refractivity contribution in [3.63, 3.8) is 0 Å². The van der Waals surface area contributed by atoms with E-state index in [4.69, 9.17) is 0 Å². The Morgan fingerprint density at radius 1 is 1.08 bits per heavy atom. The zero-order valence-electron chi connectivity index (χ0n) is 13.7. The van der Waals surface area contributed by atoms with E-state index in [-0.39, 0.29) is 5.56 Å². The van der Waals surface area contributed by atoms with E-state index in [1.807, 2.05) is 35.7 Å². The van der Waals surface area contributed by atoms with E-state index in [1.165, 1.54) is 16.2 Å². The SMILES string of the molecule is CSc1ccc(Cn2cnc3scc(-c4ccccc4)c3c2=O)cc1. The molecular formula is C20H16N2OS2. The summed E-state index contributed by atoms with van der Waals surface area (Å²) in [6.45, 7) is 0.528. The Hall–Kier alpha value is -2.37. The van der Waals surface area contributed by atoms with Crippen LogP contribution < -0.4 is 5.56 Å². The highest BCUT2D eigenvalue weighted by Gasteiger charge is 2.13. The van der Waals surface area contributed by atoms with E-state index in [0.29, 0.717) is 11.9 Å². The Morgan fingerprint density at radius 3 is 2.56 bits per heavy atom. The molecule has 0 bridgehead atoms. The Balaban J connectivity index is 1.78. The van der Waals surface area contributed by atoms with Gasteiger partial charge in [0.15, 0.2) is 0 Å². The highest BCUT2D eigenvalue weighted by molar-refractivity contribution is 7.98. The van der Waals surface area contributed by atoms with Crippen LogP contribution in [0.5, 0.6) is 0 Å².